The van der Waals surface area contributed by atoms with E-state index in [1.807, 2.05) is 0 Å². The van der Waals surface area contributed by atoms with Crippen LogP contribution in [0.2, 0.25) is 0 Å². The number of aromatic nitrogens is 1. The molecular formula is C14H13F2N3O3. The maximum absolute atomic E-state index is 12.1. The van der Waals surface area contributed by atoms with Gasteiger partial charge in [-0.25, -0.2) is 4.98 Å². The number of nitrogens with zero attached hydrogens (tertiary/aromatic N) is 2. The number of pyridine rings is 1. The second-order valence-electron chi connectivity index (χ2n) is 4.44. The lowest BCUT2D eigenvalue weighted by Crippen LogP contribution is -2.10. The van der Waals surface area contributed by atoms with Crippen molar-refractivity contribution in [2.75, 3.05) is 5.32 Å². The SMILES string of the molecule is C[C@H](Nc1ncccc1[N+](=O)[O-])c1ccc(OC(F)F)cc1. The van der Waals surface area contributed by atoms with Crippen LogP contribution < -0.4 is 10.1 Å². The van der Waals surface area contributed by atoms with Crippen LogP contribution in [0.1, 0.15) is 18.5 Å². The lowest BCUT2D eigenvalue weighted by Gasteiger charge is -2.15. The molecule has 1 heterocycles. The Morgan fingerprint density at radius 3 is 2.55 bits per heavy atom. The molecule has 0 unspecified atom stereocenters. The van der Waals surface area contributed by atoms with Crippen LogP contribution in [-0.2, 0) is 0 Å². The molecule has 0 spiro atoms. The van der Waals surface area contributed by atoms with Gasteiger partial charge in [-0.05, 0) is 30.7 Å². The van der Waals surface area contributed by atoms with Gasteiger partial charge in [0.2, 0.25) is 5.82 Å². The molecule has 2 rings (SSSR count). The van der Waals surface area contributed by atoms with Gasteiger partial charge >= 0.3 is 12.3 Å². The molecular weight excluding hydrogens is 296 g/mol. The Kier molecular flexibility index (Phi) is 4.82. The zero-order valence-corrected chi connectivity index (χ0v) is 11.6. The molecule has 1 aromatic carbocycles. The summed E-state index contributed by atoms with van der Waals surface area (Å²) in [4.78, 5) is 14.3. The Morgan fingerprint density at radius 1 is 1.27 bits per heavy atom. The molecule has 0 radical (unpaired) electrons. The van der Waals surface area contributed by atoms with E-state index in [9.17, 15) is 18.9 Å². The fourth-order valence-corrected chi connectivity index (χ4v) is 1.88. The number of nitrogens with one attached hydrogen (secondary N) is 1. The molecule has 0 bridgehead atoms. The zero-order valence-electron chi connectivity index (χ0n) is 11.6. The van der Waals surface area contributed by atoms with Crippen molar-refractivity contribution in [2.24, 2.45) is 0 Å². The molecule has 6 nitrogen and oxygen atoms in total. The molecule has 0 aliphatic carbocycles. The summed E-state index contributed by atoms with van der Waals surface area (Å²) in [5.41, 5.74) is 0.619. The van der Waals surface area contributed by atoms with Crippen LogP contribution in [0, 0.1) is 10.1 Å². The Morgan fingerprint density at radius 2 is 1.95 bits per heavy atom. The quantitative estimate of drug-likeness (QED) is 0.649. The van der Waals surface area contributed by atoms with Gasteiger partial charge in [0.15, 0.2) is 0 Å². The van der Waals surface area contributed by atoms with Gasteiger partial charge in [0.1, 0.15) is 5.75 Å². The summed E-state index contributed by atoms with van der Waals surface area (Å²) in [5, 5.41) is 13.9. The summed E-state index contributed by atoms with van der Waals surface area (Å²) >= 11 is 0. The first-order chi connectivity index (χ1) is 10.5. The minimum atomic E-state index is -2.88. The number of rotatable bonds is 6. The average molecular weight is 309 g/mol. The van der Waals surface area contributed by atoms with Crippen molar-refractivity contribution in [1.82, 2.24) is 4.98 Å². The number of alkyl halides is 2. The first-order valence-electron chi connectivity index (χ1n) is 6.38. The molecule has 0 saturated heterocycles. The van der Waals surface area contributed by atoms with Crippen LogP contribution in [0.15, 0.2) is 42.6 Å². The van der Waals surface area contributed by atoms with Crippen molar-refractivity contribution in [1.29, 1.82) is 0 Å². The third kappa shape index (κ3) is 3.87. The van der Waals surface area contributed by atoms with Gasteiger partial charge in [0.25, 0.3) is 0 Å². The Labute approximate surface area is 124 Å². The summed E-state index contributed by atoms with van der Waals surface area (Å²) in [7, 11) is 0. The molecule has 0 amide bonds. The number of hydrogen-bond donors (Lipinski definition) is 1. The van der Waals surface area contributed by atoms with Crippen molar-refractivity contribution < 1.29 is 18.4 Å². The van der Waals surface area contributed by atoms with E-state index in [1.165, 1.54) is 30.5 Å². The Balaban J connectivity index is 2.12. The fraction of sp³-hybridized carbons (Fsp3) is 0.214. The number of ether oxygens (including phenoxy) is 1. The highest BCUT2D eigenvalue weighted by Gasteiger charge is 2.16. The second kappa shape index (κ2) is 6.79. The minimum Gasteiger partial charge on any atom is -0.435 e. The minimum absolute atomic E-state index is 0.0507. The van der Waals surface area contributed by atoms with E-state index in [4.69, 9.17) is 0 Å². The van der Waals surface area contributed by atoms with Gasteiger partial charge in [-0.3, -0.25) is 10.1 Å². The van der Waals surface area contributed by atoms with Crippen LogP contribution in [0.5, 0.6) is 5.75 Å². The van der Waals surface area contributed by atoms with E-state index in [1.54, 1.807) is 19.1 Å². The van der Waals surface area contributed by atoms with Crippen molar-refractivity contribution >= 4 is 11.5 Å². The van der Waals surface area contributed by atoms with Gasteiger partial charge in [0.05, 0.1) is 11.0 Å². The van der Waals surface area contributed by atoms with Gasteiger partial charge in [-0.15, -0.1) is 0 Å². The summed E-state index contributed by atoms with van der Waals surface area (Å²) in [5.74, 6) is 0.197. The number of hydrogen-bond acceptors (Lipinski definition) is 5. The largest absolute Gasteiger partial charge is 0.435 e. The molecule has 0 aliphatic rings. The van der Waals surface area contributed by atoms with Crippen LogP contribution in [0.3, 0.4) is 0 Å². The maximum Gasteiger partial charge on any atom is 0.387 e. The molecule has 8 heteroatoms. The Hall–Kier alpha value is -2.77. The van der Waals surface area contributed by atoms with E-state index in [2.05, 4.69) is 15.0 Å². The van der Waals surface area contributed by atoms with E-state index < -0.39 is 11.5 Å². The molecule has 2 aromatic rings. The smallest absolute Gasteiger partial charge is 0.387 e. The van der Waals surface area contributed by atoms with Gasteiger partial charge in [0, 0.05) is 12.3 Å². The van der Waals surface area contributed by atoms with Crippen molar-refractivity contribution in [3.63, 3.8) is 0 Å². The number of halogens is 2. The zero-order chi connectivity index (χ0) is 16.1. The van der Waals surface area contributed by atoms with Crippen LogP contribution in [-0.4, -0.2) is 16.5 Å². The normalized spacial score (nSPS) is 12.0. The highest BCUT2D eigenvalue weighted by atomic mass is 19.3. The summed E-state index contributed by atoms with van der Waals surface area (Å²) in [6.07, 6.45) is 1.45. The summed E-state index contributed by atoms with van der Waals surface area (Å²) in [6, 6.07) is 8.55. The summed E-state index contributed by atoms with van der Waals surface area (Å²) in [6.45, 7) is -1.10. The molecule has 116 valence electrons. The molecule has 1 aromatic heterocycles. The number of anilines is 1. The average Bonchev–Trinajstić information content (AvgIpc) is 2.47. The molecule has 0 fully saturated rings. The molecule has 1 atom stereocenters. The van der Waals surface area contributed by atoms with Crippen molar-refractivity contribution in [3.05, 3.63) is 58.3 Å². The topological polar surface area (TPSA) is 77.3 Å². The molecule has 22 heavy (non-hydrogen) atoms. The van der Waals surface area contributed by atoms with Crippen molar-refractivity contribution in [3.8, 4) is 5.75 Å². The molecule has 0 aliphatic heterocycles. The van der Waals surface area contributed by atoms with Crippen LogP contribution in [0.25, 0.3) is 0 Å². The molecule has 1 N–H and O–H groups in total. The third-order valence-corrected chi connectivity index (χ3v) is 2.94. The third-order valence-electron chi connectivity index (χ3n) is 2.94. The lowest BCUT2D eigenvalue weighted by molar-refractivity contribution is -0.384. The van der Waals surface area contributed by atoms with Gasteiger partial charge in [-0.2, -0.15) is 8.78 Å². The number of benzene rings is 1. The fourth-order valence-electron chi connectivity index (χ4n) is 1.88. The summed E-state index contributed by atoms with van der Waals surface area (Å²) < 4.78 is 28.4. The first-order valence-corrected chi connectivity index (χ1v) is 6.38. The van der Waals surface area contributed by atoms with E-state index in [-0.39, 0.29) is 23.3 Å². The standard InChI is InChI=1S/C14H13F2N3O3/c1-9(10-4-6-11(7-5-10)22-14(15)16)18-13-12(19(20)21)3-2-8-17-13/h2-9,14H,1H3,(H,17,18)/t9-/m0/s1. The lowest BCUT2D eigenvalue weighted by atomic mass is 10.1. The first kappa shape index (κ1) is 15.6. The van der Waals surface area contributed by atoms with Gasteiger partial charge < -0.3 is 10.1 Å². The predicted molar refractivity (Wildman–Crippen MR) is 76.0 cm³/mol. The second-order valence-corrected chi connectivity index (χ2v) is 4.44. The van der Waals surface area contributed by atoms with E-state index in [0.29, 0.717) is 0 Å². The van der Waals surface area contributed by atoms with Crippen LogP contribution in [0.4, 0.5) is 20.3 Å². The highest BCUT2D eigenvalue weighted by Crippen LogP contribution is 2.26. The van der Waals surface area contributed by atoms with Gasteiger partial charge in [-0.1, -0.05) is 12.1 Å². The number of nitro groups is 1. The molecule has 0 saturated carbocycles. The van der Waals surface area contributed by atoms with E-state index >= 15 is 0 Å². The van der Waals surface area contributed by atoms with Crippen molar-refractivity contribution in [2.45, 2.75) is 19.6 Å². The van der Waals surface area contributed by atoms with E-state index in [0.717, 1.165) is 5.56 Å². The Bertz CT molecular complexity index is 650. The maximum atomic E-state index is 12.1. The highest BCUT2D eigenvalue weighted by molar-refractivity contribution is 5.56. The van der Waals surface area contributed by atoms with Crippen LogP contribution >= 0.6 is 0 Å². The monoisotopic (exact) mass is 309 g/mol. The predicted octanol–water partition coefficient (Wildman–Crippen LogP) is 3.76.